The minimum atomic E-state index is -0.889. The number of aromatic nitrogens is 2. The van der Waals surface area contributed by atoms with Crippen molar-refractivity contribution in [2.24, 2.45) is 0 Å². The molecule has 278 valence electrons. The Kier molecular flexibility index (Phi) is 11.5. The van der Waals surface area contributed by atoms with Gasteiger partial charge in [-0.2, -0.15) is 0 Å². The number of benzene rings is 3. The maximum Gasteiger partial charge on any atom is 0.410 e. The van der Waals surface area contributed by atoms with E-state index in [1.807, 2.05) is 0 Å². The van der Waals surface area contributed by atoms with E-state index in [9.17, 15) is 23.6 Å². The molecule has 1 aliphatic rings. The summed E-state index contributed by atoms with van der Waals surface area (Å²) in [7, 11) is 4.50. The number of amides is 4. The molecule has 4 aromatic rings. The molecule has 0 bridgehead atoms. The van der Waals surface area contributed by atoms with Crippen molar-refractivity contribution in [2.45, 2.75) is 45.9 Å². The molecule has 1 aliphatic heterocycles. The Morgan fingerprint density at radius 2 is 1.60 bits per heavy atom. The van der Waals surface area contributed by atoms with Gasteiger partial charge in [0, 0.05) is 33.3 Å². The number of ether oxygens (including phenoxy) is 3. The molecule has 1 saturated heterocycles. The number of nitrogens with zero attached hydrogens (tertiary/aromatic N) is 6. The molecule has 2 atom stereocenters. The SMILES string of the molecule is COc1ccc(N(C(=O)Nc2ccc(F)cc2)C(C)c2nc3ccccc3c(=O)n2N2CCN(C(=O)[C@H](C)N(C)C(=O)OC(C)C)CC2)c(OC)c1.[HH]. The van der Waals surface area contributed by atoms with Gasteiger partial charge in [0.1, 0.15) is 23.4 Å². The number of para-hydroxylation sites is 1. The maximum absolute atomic E-state index is 14.3. The summed E-state index contributed by atoms with van der Waals surface area (Å²) in [4.78, 5) is 63.8. The molecular formula is C37H46FN7O7. The smallest absolute Gasteiger partial charge is 0.410 e. The van der Waals surface area contributed by atoms with Gasteiger partial charge in [-0.15, -0.1) is 0 Å². The Bertz CT molecular complexity index is 1990. The van der Waals surface area contributed by atoms with Crippen LogP contribution in [0.25, 0.3) is 10.9 Å². The zero-order chi connectivity index (χ0) is 37.7. The molecule has 52 heavy (non-hydrogen) atoms. The zero-order valence-electron chi connectivity index (χ0n) is 30.3. The van der Waals surface area contributed by atoms with E-state index in [1.165, 1.54) is 60.0 Å². The maximum atomic E-state index is 14.3. The third-order valence-corrected chi connectivity index (χ3v) is 8.91. The number of anilines is 2. The number of hydrogen-bond donors (Lipinski definition) is 1. The van der Waals surface area contributed by atoms with E-state index in [0.29, 0.717) is 33.8 Å². The summed E-state index contributed by atoms with van der Waals surface area (Å²) >= 11 is 0. The van der Waals surface area contributed by atoms with Crippen LogP contribution in [0.3, 0.4) is 0 Å². The van der Waals surface area contributed by atoms with Crippen molar-refractivity contribution < 1.29 is 34.4 Å². The normalized spacial score (nSPS) is 14.1. The molecule has 1 fully saturated rings. The van der Waals surface area contributed by atoms with E-state index in [4.69, 9.17) is 19.2 Å². The van der Waals surface area contributed by atoms with Crippen LogP contribution in [0.1, 0.15) is 41.0 Å². The van der Waals surface area contributed by atoms with Crippen molar-refractivity contribution in [1.29, 1.82) is 0 Å². The van der Waals surface area contributed by atoms with E-state index in [2.05, 4.69) is 5.32 Å². The lowest BCUT2D eigenvalue weighted by molar-refractivity contribution is -0.136. The Balaban J connectivity index is 0.00000627. The highest BCUT2D eigenvalue weighted by Gasteiger charge is 2.34. The van der Waals surface area contributed by atoms with E-state index in [1.54, 1.807) is 80.1 Å². The van der Waals surface area contributed by atoms with E-state index in [0.717, 1.165) is 0 Å². The van der Waals surface area contributed by atoms with Gasteiger partial charge in [0.25, 0.3) is 5.56 Å². The van der Waals surface area contributed by atoms with E-state index < -0.39 is 30.0 Å². The van der Waals surface area contributed by atoms with Crippen molar-refractivity contribution in [3.63, 3.8) is 0 Å². The molecule has 0 saturated carbocycles. The highest BCUT2D eigenvalue weighted by atomic mass is 19.1. The predicted molar refractivity (Wildman–Crippen MR) is 197 cm³/mol. The summed E-state index contributed by atoms with van der Waals surface area (Å²) in [6, 6.07) is 15.0. The Labute approximate surface area is 302 Å². The van der Waals surface area contributed by atoms with Gasteiger partial charge in [-0.05, 0) is 76.2 Å². The number of nitrogens with one attached hydrogen (secondary N) is 1. The average Bonchev–Trinajstić information content (AvgIpc) is 3.14. The summed E-state index contributed by atoms with van der Waals surface area (Å²) in [5.41, 5.74) is 0.787. The minimum Gasteiger partial charge on any atom is -0.497 e. The Morgan fingerprint density at radius 3 is 2.23 bits per heavy atom. The summed E-state index contributed by atoms with van der Waals surface area (Å²) in [5, 5.41) is 5.01. The number of urea groups is 1. The monoisotopic (exact) mass is 719 g/mol. The predicted octanol–water partition coefficient (Wildman–Crippen LogP) is 5.24. The van der Waals surface area contributed by atoms with Crippen LogP contribution >= 0.6 is 0 Å². The van der Waals surface area contributed by atoms with Gasteiger partial charge in [-0.25, -0.2) is 23.6 Å². The van der Waals surface area contributed by atoms with Crippen LogP contribution in [-0.2, 0) is 9.53 Å². The van der Waals surface area contributed by atoms with Crippen LogP contribution in [-0.4, -0.2) is 97.1 Å². The van der Waals surface area contributed by atoms with Gasteiger partial charge >= 0.3 is 12.1 Å². The van der Waals surface area contributed by atoms with Gasteiger partial charge in [-0.3, -0.25) is 19.4 Å². The van der Waals surface area contributed by atoms with Crippen LogP contribution in [0.5, 0.6) is 11.5 Å². The third kappa shape index (κ3) is 7.87. The van der Waals surface area contributed by atoms with Gasteiger partial charge in [0.2, 0.25) is 5.91 Å². The number of carbonyl (C=O) groups excluding carboxylic acids is 3. The fourth-order valence-corrected chi connectivity index (χ4v) is 5.98. The summed E-state index contributed by atoms with van der Waals surface area (Å²) in [5.74, 6) is 0.355. The lowest BCUT2D eigenvalue weighted by atomic mass is 10.1. The highest BCUT2D eigenvalue weighted by molar-refractivity contribution is 6.03. The van der Waals surface area contributed by atoms with Gasteiger partial charge < -0.3 is 29.4 Å². The van der Waals surface area contributed by atoms with Crippen molar-refractivity contribution in [2.75, 3.05) is 62.7 Å². The number of carbonyl (C=O) groups is 3. The molecule has 0 spiro atoms. The average molecular weight is 720 g/mol. The Hall–Kier alpha value is -5.86. The molecule has 4 amide bonds. The number of piperazine rings is 1. The number of hydrogen-bond acceptors (Lipinski definition) is 9. The molecule has 2 heterocycles. The molecule has 1 aromatic heterocycles. The lowest BCUT2D eigenvalue weighted by Gasteiger charge is -2.40. The summed E-state index contributed by atoms with van der Waals surface area (Å²) < 4.78 is 31.6. The number of rotatable bonds is 10. The fourth-order valence-electron chi connectivity index (χ4n) is 5.98. The second kappa shape index (κ2) is 16.0. The molecule has 1 unspecified atom stereocenters. The molecule has 1 N–H and O–H groups in total. The standard InChI is InChI=1S/C37H44FN7O7.H2/c1-23(2)52-37(49)41(5)25(4)34(46)42-18-20-43(21-19-42)45-33(40-30-11-9-8-10-29(30)35(45)47)24(3)44(31-17-16-28(50-6)22-32(31)51-7)36(48)39-27-14-12-26(38)13-15-27;/h8-17,22-25H,18-21H2,1-7H3,(H,39,48);1H/t24?,25-;/m0./s1. The first-order valence-corrected chi connectivity index (χ1v) is 16.9. The molecule has 14 nitrogen and oxygen atoms in total. The summed E-state index contributed by atoms with van der Waals surface area (Å²) in [6.45, 7) is 7.88. The van der Waals surface area contributed by atoms with Gasteiger partial charge in [-0.1, -0.05) is 12.1 Å². The minimum absolute atomic E-state index is 0. The number of likely N-dealkylation sites (N-methyl/N-ethyl adjacent to an activating group) is 1. The largest absolute Gasteiger partial charge is 0.497 e. The molecule has 0 aliphatic carbocycles. The van der Waals surface area contributed by atoms with Crippen LogP contribution < -0.4 is 30.3 Å². The molecule has 5 rings (SSSR count). The quantitative estimate of drug-likeness (QED) is 0.233. The van der Waals surface area contributed by atoms with Gasteiger partial charge in [0.15, 0.2) is 5.82 Å². The van der Waals surface area contributed by atoms with Gasteiger partial charge in [0.05, 0.1) is 56.0 Å². The van der Waals surface area contributed by atoms with Crippen LogP contribution in [0.4, 0.5) is 25.4 Å². The summed E-state index contributed by atoms with van der Waals surface area (Å²) in [6.07, 6.45) is -0.926. The first-order valence-electron chi connectivity index (χ1n) is 16.9. The van der Waals surface area contributed by atoms with Crippen LogP contribution in [0.2, 0.25) is 0 Å². The van der Waals surface area contributed by atoms with Crippen molar-refractivity contribution in [1.82, 2.24) is 19.5 Å². The highest BCUT2D eigenvalue weighted by Crippen LogP contribution is 2.37. The third-order valence-electron chi connectivity index (χ3n) is 8.91. The van der Waals surface area contributed by atoms with E-state index in [-0.39, 0.29) is 51.0 Å². The molecule has 0 radical (unpaired) electrons. The molecular weight excluding hydrogens is 673 g/mol. The van der Waals surface area contributed by atoms with Crippen molar-refractivity contribution in [3.8, 4) is 11.5 Å². The number of methoxy groups -OCH3 is 2. The lowest BCUT2D eigenvalue weighted by Crippen LogP contribution is -2.59. The van der Waals surface area contributed by atoms with Crippen LogP contribution in [0, 0.1) is 5.82 Å². The molecule has 3 aromatic carbocycles. The number of halogens is 1. The van der Waals surface area contributed by atoms with Crippen molar-refractivity contribution in [3.05, 3.63) is 88.7 Å². The van der Waals surface area contributed by atoms with E-state index >= 15 is 0 Å². The first kappa shape index (κ1) is 37.4. The second-order valence-corrected chi connectivity index (χ2v) is 12.6. The Morgan fingerprint density at radius 1 is 0.923 bits per heavy atom. The van der Waals surface area contributed by atoms with Crippen LogP contribution in [0.15, 0.2) is 71.5 Å². The number of fused-ring (bicyclic) bond motifs is 1. The second-order valence-electron chi connectivity index (χ2n) is 12.6. The molecule has 15 heteroatoms. The zero-order valence-corrected chi connectivity index (χ0v) is 30.3. The van der Waals surface area contributed by atoms with Crippen molar-refractivity contribution >= 4 is 40.3 Å². The fraction of sp³-hybridized carbons (Fsp3) is 0.378. The first-order chi connectivity index (χ1) is 24.8. The topological polar surface area (TPSA) is 139 Å².